The third kappa shape index (κ3) is 5.88. The number of aromatic nitrogens is 3. The Morgan fingerprint density at radius 3 is 2.71 bits per heavy atom. The van der Waals surface area contributed by atoms with Gasteiger partial charge in [-0.3, -0.25) is 9.20 Å². The van der Waals surface area contributed by atoms with Crippen molar-refractivity contribution in [3.8, 4) is 5.75 Å². The Morgan fingerprint density at radius 1 is 1.24 bits per heavy atom. The molecule has 34 heavy (non-hydrogen) atoms. The zero-order valence-electron chi connectivity index (χ0n) is 20.1. The number of rotatable bonds is 8. The molecule has 8 heteroatoms. The van der Waals surface area contributed by atoms with Crippen LogP contribution >= 0.6 is 0 Å². The number of pyridine rings is 2. The van der Waals surface area contributed by atoms with Crippen LogP contribution in [-0.2, 0) is 16.0 Å². The highest BCUT2D eigenvalue weighted by molar-refractivity contribution is 5.96. The standard InChI is InChI=1S/C25H32N4O2.CO2/c1-4-19-8-6-14-28(17-19)23-13-11-20(16-26-23)10-12-21(30)24-18(3)27-25-22(31-5-2)9-7-15-29(24)25;2-1-3/h7,9,11,13,15-16,19H,4-6,8,10,12,14,17H2,1-3H3;. The second kappa shape index (κ2) is 12.1. The summed E-state index contributed by atoms with van der Waals surface area (Å²) in [5, 5.41) is 0. The molecule has 1 atom stereocenters. The lowest BCUT2D eigenvalue weighted by Crippen LogP contribution is -2.35. The fourth-order valence-electron chi connectivity index (χ4n) is 4.49. The van der Waals surface area contributed by atoms with Crippen molar-refractivity contribution in [2.24, 2.45) is 5.92 Å². The van der Waals surface area contributed by atoms with Crippen molar-refractivity contribution in [3.05, 3.63) is 53.6 Å². The fraction of sp³-hybridized carbons (Fsp3) is 0.462. The van der Waals surface area contributed by atoms with Crippen molar-refractivity contribution in [2.75, 3.05) is 24.6 Å². The Kier molecular flexibility index (Phi) is 8.93. The van der Waals surface area contributed by atoms with E-state index in [2.05, 4.69) is 28.9 Å². The summed E-state index contributed by atoms with van der Waals surface area (Å²) in [4.78, 5) is 41.0. The average molecular weight is 465 g/mol. The molecule has 1 aliphatic heterocycles. The van der Waals surface area contributed by atoms with Gasteiger partial charge in [0.15, 0.2) is 17.2 Å². The van der Waals surface area contributed by atoms with E-state index in [1.54, 1.807) is 0 Å². The summed E-state index contributed by atoms with van der Waals surface area (Å²) in [7, 11) is 0. The number of aryl methyl sites for hydroxylation is 2. The number of piperidine rings is 1. The monoisotopic (exact) mass is 464 g/mol. The first-order valence-electron chi connectivity index (χ1n) is 11.8. The van der Waals surface area contributed by atoms with Gasteiger partial charge in [0.05, 0.1) is 12.3 Å². The number of ketones is 1. The van der Waals surface area contributed by atoms with Crippen molar-refractivity contribution < 1.29 is 19.1 Å². The van der Waals surface area contributed by atoms with Crippen LogP contribution in [0.4, 0.5) is 5.82 Å². The van der Waals surface area contributed by atoms with Gasteiger partial charge in [0.2, 0.25) is 0 Å². The molecule has 0 aliphatic carbocycles. The summed E-state index contributed by atoms with van der Waals surface area (Å²) in [6.07, 6.45) is 8.93. The molecule has 0 radical (unpaired) electrons. The van der Waals surface area contributed by atoms with Crippen LogP contribution in [0.5, 0.6) is 5.75 Å². The lowest BCUT2D eigenvalue weighted by atomic mass is 9.96. The minimum absolute atomic E-state index is 0.0875. The molecule has 0 saturated carbocycles. The van der Waals surface area contributed by atoms with Crippen molar-refractivity contribution >= 4 is 23.4 Å². The lowest BCUT2D eigenvalue weighted by molar-refractivity contribution is -0.191. The van der Waals surface area contributed by atoms with Gasteiger partial charge < -0.3 is 9.64 Å². The van der Waals surface area contributed by atoms with Gasteiger partial charge in [-0.05, 0) is 62.8 Å². The maximum atomic E-state index is 13.0. The van der Waals surface area contributed by atoms with Crippen LogP contribution in [0.3, 0.4) is 0 Å². The van der Waals surface area contributed by atoms with Gasteiger partial charge in [-0.2, -0.15) is 9.59 Å². The second-order valence-corrected chi connectivity index (χ2v) is 8.44. The summed E-state index contributed by atoms with van der Waals surface area (Å²) < 4.78 is 7.52. The van der Waals surface area contributed by atoms with Crippen LogP contribution in [0.2, 0.25) is 0 Å². The first-order valence-corrected chi connectivity index (χ1v) is 11.8. The highest BCUT2D eigenvalue weighted by Gasteiger charge is 2.20. The topological polar surface area (TPSA) is 93.9 Å². The Morgan fingerprint density at radius 2 is 2.03 bits per heavy atom. The highest BCUT2D eigenvalue weighted by Crippen LogP contribution is 2.25. The average Bonchev–Trinajstić information content (AvgIpc) is 3.20. The number of hydrogen-bond acceptors (Lipinski definition) is 7. The highest BCUT2D eigenvalue weighted by atomic mass is 16.5. The van der Waals surface area contributed by atoms with Crippen LogP contribution in [0.25, 0.3) is 5.65 Å². The Bertz CT molecular complexity index is 1130. The van der Waals surface area contributed by atoms with E-state index in [4.69, 9.17) is 19.3 Å². The molecule has 4 rings (SSSR count). The van der Waals surface area contributed by atoms with Gasteiger partial charge in [-0.25, -0.2) is 9.97 Å². The molecule has 1 fully saturated rings. The fourth-order valence-corrected chi connectivity index (χ4v) is 4.49. The van der Waals surface area contributed by atoms with Crippen molar-refractivity contribution in [1.82, 2.24) is 14.4 Å². The second-order valence-electron chi connectivity index (χ2n) is 8.44. The molecular formula is C26H32N4O4. The SMILES string of the molecule is CCOc1cccn2c(C(=O)CCc3ccc(N4CCCC(CC)C4)nc3)c(C)nc12.O=C=O. The van der Waals surface area contributed by atoms with Crippen LogP contribution in [0.15, 0.2) is 36.7 Å². The van der Waals surface area contributed by atoms with Gasteiger partial charge in [-0.15, -0.1) is 0 Å². The van der Waals surface area contributed by atoms with Crippen molar-refractivity contribution in [1.29, 1.82) is 0 Å². The third-order valence-electron chi connectivity index (χ3n) is 6.22. The minimum Gasteiger partial charge on any atom is -0.490 e. The molecule has 8 nitrogen and oxygen atoms in total. The summed E-state index contributed by atoms with van der Waals surface area (Å²) in [5.41, 5.74) is 3.16. The number of nitrogens with zero attached hydrogens (tertiary/aromatic N) is 4. The first kappa shape index (κ1) is 25.1. The quantitative estimate of drug-likeness (QED) is 0.459. The normalized spacial score (nSPS) is 15.4. The van der Waals surface area contributed by atoms with E-state index in [1.807, 2.05) is 42.8 Å². The smallest absolute Gasteiger partial charge is 0.373 e. The Balaban J connectivity index is 0.00000103. The molecule has 3 aromatic rings. The predicted octanol–water partition coefficient (Wildman–Crippen LogP) is 4.29. The molecule has 0 bridgehead atoms. The molecule has 1 unspecified atom stereocenters. The van der Waals surface area contributed by atoms with Crippen molar-refractivity contribution in [3.63, 3.8) is 0 Å². The number of ether oxygens (including phenoxy) is 1. The molecule has 180 valence electrons. The molecule has 4 heterocycles. The molecule has 0 amide bonds. The van der Waals surface area contributed by atoms with E-state index in [9.17, 15) is 4.79 Å². The number of fused-ring (bicyclic) bond motifs is 1. The van der Waals surface area contributed by atoms with Crippen LogP contribution in [-0.4, -0.2) is 46.0 Å². The Labute approximate surface area is 200 Å². The van der Waals surface area contributed by atoms with Gasteiger partial charge >= 0.3 is 6.15 Å². The first-order chi connectivity index (χ1) is 16.5. The zero-order valence-corrected chi connectivity index (χ0v) is 20.1. The summed E-state index contributed by atoms with van der Waals surface area (Å²) in [6.45, 7) is 8.84. The Hall–Kier alpha value is -3.51. The van der Waals surface area contributed by atoms with E-state index in [0.717, 1.165) is 36.1 Å². The molecule has 1 aliphatic rings. The van der Waals surface area contributed by atoms with Gasteiger partial charge in [0.25, 0.3) is 0 Å². The van der Waals surface area contributed by atoms with Crippen LogP contribution < -0.4 is 9.64 Å². The summed E-state index contributed by atoms with van der Waals surface area (Å²) in [5.74, 6) is 2.61. The molecule has 0 aromatic carbocycles. The summed E-state index contributed by atoms with van der Waals surface area (Å²) >= 11 is 0. The van der Waals surface area contributed by atoms with E-state index < -0.39 is 0 Å². The van der Waals surface area contributed by atoms with Gasteiger partial charge in [0.1, 0.15) is 11.5 Å². The largest absolute Gasteiger partial charge is 0.490 e. The predicted molar refractivity (Wildman–Crippen MR) is 128 cm³/mol. The maximum Gasteiger partial charge on any atom is 0.373 e. The maximum absolute atomic E-state index is 13.0. The third-order valence-corrected chi connectivity index (χ3v) is 6.22. The van der Waals surface area contributed by atoms with Gasteiger partial charge in [0, 0.05) is 31.9 Å². The van der Waals surface area contributed by atoms with E-state index >= 15 is 0 Å². The number of carbonyl (C=O) groups excluding carboxylic acids is 3. The number of imidazole rings is 1. The zero-order chi connectivity index (χ0) is 24.5. The van der Waals surface area contributed by atoms with Crippen LogP contribution in [0.1, 0.15) is 61.3 Å². The lowest BCUT2D eigenvalue weighted by Gasteiger charge is -2.33. The molecule has 0 N–H and O–H groups in total. The van der Waals surface area contributed by atoms with Gasteiger partial charge in [-0.1, -0.05) is 19.4 Å². The molecule has 1 saturated heterocycles. The van der Waals surface area contributed by atoms with E-state index in [0.29, 0.717) is 36.5 Å². The van der Waals surface area contributed by atoms with Crippen molar-refractivity contribution in [2.45, 2.75) is 52.9 Å². The van der Waals surface area contributed by atoms with E-state index in [-0.39, 0.29) is 11.9 Å². The van der Waals surface area contributed by atoms with E-state index in [1.165, 1.54) is 19.3 Å². The summed E-state index contributed by atoms with van der Waals surface area (Å²) in [6, 6.07) is 7.99. The van der Waals surface area contributed by atoms with Crippen LogP contribution in [0, 0.1) is 12.8 Å². The number of Topliss-reactive ketones (excluding diaryl/α,β-unsaturated/α-hetero) is 1. The number of anilines is 1. The molecule has 0 spiro atoms. The molecule has 3 aromatic heterocycles. The number of carbonyl (C=O) groups is 1. The minimum atomic E-state index is 0.0875. The molecular weight excluding hydrogens is 432 g/mol. The number of hydrogen-bond donors (Lipinski definition) is 0.